The predicted molar refractivity (Wildman–Crippen MR) is 121 cm³/mol. The Bertz CT molecular complexity index is 1360. The molecule has 0 amide bonds. The van der Waals surface area contributed by atoms with Crippen LogP contribution in [0.25, 0.3) is 10.9 Å². The lowest BCUT2D eigenvalue weighted by Gasteiger charge is -2.19. The summed E-state index contributed by atoms with van der Waals surface area (Å²) in [6.45, 7) is -2.04. The summed E-state index contributed by atoms with van der Waals surface area (Å²) in [5, 5.41) is 2.19. The molecule has 0 bridgehead atoms. The fraction of sp³-hybridized carbons (Fsp3) is 0.364. The van der Waals surface area contributed by atoms with Crippen molar-refractivity contribution >= 4 is 37.8 Å². The van der Waals surface area contributed by atoms with E-state index in [-0.39, 0.29) is 53.2 Å². The highest BCUT2D eigenvalue weighted by atomic mass is 32.2. The molecule has 0 unspecified atom stereocenters. The number of ether oxygens (including phenoxy) is 2. The summed E-state index contributed by atoms with van der Waals surface area (Å²) < 4.78 is 109. The number of fused-ring (bicyclic) bond motifs is 1. The van der Waals surface area contributed by atoms with Crippen LogP contribution in [0.2, 0.25) is 0 Å². The number of hydrogen-bond acceptors (Lipinski definition) is 7. The molecule has 1 aliphatic heterocycles. The molecule has 1 N–H and O–H groups in total. The van der Waals surface area contributed by atoms with E-state index in [9.17, 15) is 30.6 Å². The van der Waals surface area contributed by atoms with Gasteiger partial charge in [-0.05, 0) is 24.3 Å². The lowest BCUT2D eigenvalue weighted by Crippen LogP contribution is -2.25. The van der Waals surface area contributed by atoms with Crippen molar-refractivity contribution in [3.8, 4) is 5.75 Å². The Morgan fingerprint density at radius 2 is 1.83 bits per heavy atom. The largest absolute Gasteiger partial charge is 0.483 e. The molecule has 1 aromatic heterocycles. The van der Waals surface area contributed by atoms with E-state index in [0.717, 1.165) is 30.6 Å². The Morgan fingerprint density at radius 3 is 2.50 bits per heavy atom. The summed E-state index contributed by atoms with van der Waals surface area (Å²) in [6, 6.07) is 4.98. The van der Waals surface area contributed by atoms with Gasteiger partial charge in [-0.25, -0.2) is 27.3 Å². The number of alkyl halides is 5. The molecule has 7 nitrogen and oxygen atoms in total. The van der Waals surface area contributed by atoms with Crippen LogP contribution in [0, 0.1) is 5.82 Å². The van der Waals surface area contributed by atoms with Gasteiger partial charge in [-0.1, -0.05) is 0 Å². The Labute approximate surface area is 202 Å². The van der Waals surface area contributed by atoms with Gasteiger partial charge in [-0.3, -0.25) is 0 Å². The number of anilines is 2. The summed E-state index contributed by atoms with van der Waals surface area (Å²) in [6.07, 6.45) is -5.41. The summed E-state index contributed by atoms with van der Waals surface area (Å²) in [4.78, 5) is 7.82. The predicted octanol–water partition coefficient (Wildman–Crippen LogP) is 5.35. The molecular weight excluding hydrogens is 514 g/mol. The number of aromatic nitrogens is 2. The van der Waals surface area contributed by atoms with Gasteiger partial charge in [0, 0.05) is 6.07 Å². The van der Waals surface area contributed by atoms with Crippen LogP contribution in [0.5, 0.6) is 5.75 Å². The van der Waals surface area contributed by atoms with Gasteiger partial charge in [0.05, 0.1) is 62.3 Å². The normalized spacial score (nSPS) is 15.8. The maximum Gasteiger partial charge on any atom is 0.417 e. The molecule has 14 heteroatoms. The molecule has 0 spiro atoms. The van der Waals surface area contributed by atoms with Crippen molar-refractivity contribution in [2.75, 3.05) is 43.4 Å². The Morgan fingerprint density at radius 1 is 1.11 bits per heavy atom. The fourth-order valence-electron chi connectivity index (χ4n) is 3.52. The quantitative estimate of drug-likeness (QED) is 0.412. The maximum atomic E-state index is 14.1. The van der Waals surface area contributed by atoms with Gasteiger partial charge >= 0.3 is 6.18 Å². The lowest BCUT2D eigenvalue weighted by atomic mass is 10.1. The number of nitrogens with one attached hydrogen (secondary N) is 1. The SMILES string of the molecule is O=S1(=Nc2cc(C(F)(F)F)c3c(Nc4ccc(F)cc4OC(CF)CF)ncnc3c2)CCOCC1. The molecule has 0 saturated carbocycles. The zero-order valence-electron chi connectivity index (χ0n) is 18.5. The van der Waals surface area contributed by atoms with Crippen LogP contribution in [-0.4, -0.2) is 58.3 Å². The zero-order chi connectivity index (χ0) is 25.9. The summed E-state index contributed by atoms with van der Waals surface area (Å²) >= 11 is 0. The number of benzene rings is 2. The third kappa shape index (κ3) is 5.81. The zero-order valence-corrected chi connectivity index (χ0v) is 19.3. The van der Waals surface area contributed by atoms with E-state index in [4.69, 9.17) is 9.47 Å². The Balaban J connectivity index is 1.83. The van der Waals surface area contributed by atoms with Crippen LogP contribution >= 0.6 is 0 Å². The van der Waals surface area contributed by atoms with Crippen LogP contribution in [0.3, 0.4) is 0 Å². The minimum absolute atomic E-state index is 0.0738. The molecule has 194 valence electrons. The minimum Gasteiger partial charge on any atom is -0.483 e. The average Bonchev–Trinajstić information content (AvgIpc) is 2.83. The van der Waals surface area contributed by atoms with Crippen molar-refractivity contribution in [3.63, 3.8) is 0 Å². The first kappa shape index (κ1) is 25.9. The Kier molecular flexibility index (Phi) is 7.54. The van der Waals surface area contributed by atoms with Crippen molar-refractivity contribution in [1.29, 1.82) is 0 Å². The second-order valence-corrected chi connectivity index (χ2v) is 10.4. The Hall–Kier alpha value is -3.13. The van der Waals surface area contributed by atoms with Gasteiger partial charge in [0.25, 0.3) is 0 Å². The number of nitrogens with zero attached hydrogens (tertiary/aromatic N) is 3. The van der Waals surface area contributed by atoms with E-state index >= 15 is 0 Å². The third-order valence-corrected chi connectivity index (χ3v) is 7.38. The molecule has 1 fully saturated rings. The number of hydrogen-bond donors (Lipinski definition) is 1. The second kappa shape index (κ2) is 10.5. The van der Waals surface area contributed by atoms with Crippen LogP contribution in [-0.2, 0) is 20.6 Å². The molecule has 0 aliphatic carbocycles. The van der Waals surface area contributed by atoms with Crippen LogP contribution < -0.4 is 10.1 Å². The van der Waals surface area contributed by atoms with E-state index in [1.807, 2.05) is 0 Å². The van der Waals surface area contributed by atoms with Gasteiger partial charge in [-0.15, -0.1) is 0 Å². The van der Waals surface area contributed by atoms with E-state index in [1.165, 1.54) is 6.07 Å². The van der Waals surface area contributed by atoms with Gasteiger partial charge in [0.15, 0.2) is 6.10 Å². The molecule has 3 aromatic rings. The monoisotopic (exact) mass is 534 g/mol. The molecule has 2 heterocycles. The summed E-state index contributed by atoms with van der Waals surface area (Å²) in [5.74, 6) is -1.24. The van der Waals surface area contributed by atoms with Crippen LogP contribution in [0.15, 0.2) is 41.0 Å². The third-order valence-electron chi connectivity index (χ3n) is 5.23. The summed E-state index contributed by atoms with van der Waals surface area (Å²) in [5.41, 5.74) is -1.53. The van der Waals surface area contributed by atoms with Crippen LogP contribution in [0.4, 0.5) is 43.5 Å². The highest BCUT2D eigenvalue weighted by Gasteiger charge is 2.35. The summed E-state index contributed by atoms with van der Waals surface area (Å²) in [7, 11) is -2.80. The topological polar surface area (TPSA) is 85.7 Å². The van der Waals surface area contributed by atoms with Gasteiger partial charge in [-0.2, -0.15) is 17.5 Å². The highest BCUT2D eigenvalue weighted by Crippen LogP contribution is 2.41. The highest BCUT2D eigenvalue weighted by molar-refractivity contribution is 7.93. The minimum atomic E-state index is -4.87. The van der Waals surface area contributed by atoms with Crippen molar-refractivity contribution in [2.24, 2.45) is 4.36 Å². The molecule has 1 aliphatic rings. The fourth-order valence-corrected chi connectivity index (χ4v) is 5.15. The molecular formula is C22H20F6N4O3S. The average molecular weight is 534 g/mol. The smallest absolute Gasteiger partial charge is 0.417 e. The maximum absolute atomic E-state index is 14.1. The van der Waals surface area contributed by atoms with Gasteiger partial charge < -0.3 is 14.8 Å². The first-order valence-corrected chi connectivity index (χ1v) is 12.5. The van der Waals surface area contributed by atoms with E-state index < -0.39 is 52.1 Å². The van der Waals surface area contributed by atoms with E-state index in [1.54, 1.807) is 0 Å². The van der Waals surface area contributed by atoms with Gasteiger partial charge in [0.1, 0.15) is 37.1 Å². The molecule has 0 atom stereocenters. The van der Waals surface area contributed by atoms with Crippen molar-refractivity contribution < 1.29 is 40.0 Å². The molecule has 2 aromatic carbocycles. The van der Waals surface area contributed by atoms with Gasteiger partial charge in [0.2, 0.25) is 0 Å². The van der Waals surface area contributed by atoms with E-state index in [2.05, 4.69) is 19.6 Å². The standard InChI is InChI=1S/C22H20F6N4O3S/c23-10-15(11-24)35-19-7-13(25)1-2-17(19)31-21-20-16(22(26,27)28)8-14(9-18(20)29-12-30-21)32-36(33)5-3-34-4-6-36/h1-2,7-9,12,15H,3-6,10-11H2,(H,29,30,31). The molecule has 1 saturated heterocycles. The molecule has 4 rings (SSSR count). The molecule has 0 radical (unpaired) electrons. The first-order chi connectivity index (χ1) is 17.1. The second-order valence-electron chi connectivity index (χ2n) is 7.81. The van der Waals surface area contributed by atoms with E-state index in [0.29, 0.717) is 0 Å². The van der Waals surface area contributed by atoms with Crippen molar-refractivity contribution in [3.05, 3.63) is 48.0 Å². The number of halogens is 6. The first-order valence-electron chi connectivity index (χ1n) is 10.6. The molecule has 36 heavy (non-hydrogen) atoms. The van der Waals surface area contributed by atoms with Crippen molar-refractivity contribution in [1.82, 2.24) is 9.97 Å². The lowest BCUT2D eigenvalue weighted by molar-refractivity contribution is -0.136. The van der Waals surface area contributed by atoms with Crippen LogP contribution in [0.1, 0.15) is 5.56 Å². The van der Waals surface area contributed by atoms with Crippen molar-refractivity contribution in [2.45, 2.75) is 12.3 Å². The number of rotatable bonds is 7.